The zero-order valence-electron chi connectivity index (χ0n) is 14.9. The van der Waals surface area contributed by atoms with E-state index in [0.29, 0.717) is 23.7 Å². The van der Waals surface area contributed by atoms with Crippen LogP contribution in [0.4, 0.5) is 5.69 Å². The second-order valence-electron chi connectivity index (χ2n) is 6.67. The van der Waals surface area contributed by atoms with Crippen LogP contribution in [0.2, 0.25) is 5.02 Å². The molecule has 0 unspecified atom stereocenters. The highest BCUT2D eigenvalue weighted by Gasteiger charge is 2.22. The summed E-state index contributed by atoms with van der Waals surface area (Å²) in [5.41, 5.74) is 1.44. The van der Waals surface area contributed by atoms with Crippen LogP contribution in [-0.2, 0) is 11.3 Å². The van der Waals surface area contributed by atoms with E-state index in [-0.39, 0.29) is 11.7 Å². The molecule has 1 aliphatic rings. The smallest absolute Gasteiger partial charge is 0.241 e. The van der Waals surface area contributed by atoms with Crippen molar-refractivity contribution >= 4 is 23.2 Å². The van der Waals surface area contributed by atoms with E-state index in [1.807, 2.05) is 24.3 Å². The molecule has 0 atom stereocenters. The van der Waals surface area contributed by atoms with E-state index in [1.54, 1.807) is 29.2 Å². The van der Waals surface area contributed by atoms with Crippen LogP contribution >= 0.6 is 11.6 Å². The van der Waals surface area contributed by atoms with Gasteiger partial charge in [-0.1, -0.05) is 35.9 Å². The number of benzene rings is 2. The molecule has 0 bridgehead atoms. The lowest BCUT2D eigenvalue weighted by Crippen LogP contribution is -2.48. The maximum Gasteiger partial charge on any atom is 0.241 e. The van der Waals surface area contributed by atoms with Crippen molar-refractivity contribution in [1.82, 2.24) is 9.80 Å². The average molecular weight is 374 g/mol. The summed E-state index contributed by atoms with van der Waals surface area (Å²) in [5, 5.41) is 10.7. The van der Waals surface area contributed by atoms with Gasteiger partial charge in [0.1, 0.15) is 5.75 Å². The van der Waals surface area contributed by atoms with Crippen LogP contribution in [0.15, 0.2) is 48.5 Å². The Hall–Kier alpha value is -2.08. The van der Waals surface area contributed by atoms with Gasteiger partial charge < -0.3 is 14.9 Å². The van der Waals surface area contributed by atoms with Crippen molar-refractivity contribution in [2.75, 3.05) is 44.7 Å². The summed E-state index contributed by atoms with van der Waals surface area (Å²) >= 11 is 6.13. The summed E-state index contributed by atoms with van der Waals surface area (Å²) in [6, 6.07) is 14.4. The van der Waals surface area contributed by atoms with Gasteiger partial charge in [-0.2, -0.15) is 0 Å². The number of nitrogens with zero attached hydrogens (tertiary/aromatic N) is 3. The van der Waals surface area contributed by atoms with Gasteiger partial charge in [0, 0.05) is 42.5 Å². The quantitative estimate of drug-likeness (QED) is 0.875. The number of carbonyl (C=O) groups is 1. The first-order chi connectivity index (χ1) is 12.5. The largest absolute Gasteiger partial charge is 0.508 e. The minimum absolute atomic E-state index is 0.0000674. The van der Waals surface area contributed by atoms with Gasteiger partial charge >= 0.3 is 0 Å². The number of halogens is 1. The number of phenols is 1. The Labute approximate surface area is 159 Å². The zero-order chi connectivity index (χ0) is 18.5. The number of hydrogen-bond donors (Lipinski definition) is 1. The lowest BCUT2D eigenvalue weighted by Gasteiger charge is -2.33. The summed E-state index contributed by atoms with van der Waals surface area (Å²) in [4.78, 5) is 19.2. The second-order valence-corrected chi connectivity index (χ2v) is 7.10. The normalized spacial score (nSPS) is 15.8. The van der Waals surface area contributed by atoms with Crippen LogP contribution in [0.3, 0.4) is 0 Å². The van der Waals surface area contributed by atoms with Gasteiger partial charge in [-0.05, 0) is 31.3 Å². The molecular weight excluding hydrogens is 350 g/mol. The Morgan fingerprint density at radius 3 is 2.54 bits per heavy atom. The summed E-state index contributed by atoms with van der Waals surface area (Å²) in [6.45, 7) is 4.34. The lowest BCUT2D eigenvalue weighted by molar-refractivity contribution is -0.120. The fourth-order valence-corrected chi connectivity index (χ4v) is 3.25. The second kappa shape index (κ2) is 8.54. The highest BCUT2D eigenvalue weighted by Crippen LogP contribution is 2.25. The molecule has 1 aliphatic heterocycles. The Kier molecular flexibility index (Phi) is 6.14. The maximum absolute atomic E-state index is 13.1. The third-order valence-electron chi connectivity index (χ3n) is 4.70. The third kappa shape index (κ3) is 4.75. The first kappa shape index (κ1) is 18.7. The van der Waals surface area contributed by atoms with Crippen LogP contribution < -0.4 is 4.90 Å². The van der Waals surface area contributed by atoms with E-state index in [1.165, 1.54) is 0 Å². The number of hydrogen-bond acceptors (Lipinski definition) is 4. The fourth-order valence-electron chi connectivity index (χ4n) is 3.06. The fraction of sp³-hybridized carbons (Fsp3) is 0.350. The van der Waals surface area contributed by atoms with E-state index in [2.05, 4.69) is 16.8 Å². The molecule has 6 heteroatoms. The predicted molar refractivity (Wildman–Crippen MR) is 105 cm³/mol. The van der Waals surface area contributed by atoms with Crippen molar-refractivity contribution in [2.45, 2.75) is 6.54 Å². The Bertz CT molecular complexity index is 760. The van der Waals surface area contributed by atoms with Gasteiger partial charge in [-0.3, -0.25) is 9.69 Å². The highest BCUT2D eigenvalue weighted by atomic mass is 35.5. The molecule has 2 aromatic carbocycles. The van der Waals surface area contributed by atoms with E-state index in [4.69, 9.17) is 11.6 Å². The average Bonchev–Trinajstić information content (AvgIpc) is 2.63. The zero-order valence-corrected chi connectivity index (χ0v) is 15.7. The Morgan fingerprint density at radius 1 is 1.12 bits per heavy atom. The molecule has 1 amide bonds. The molecule has 1 N–H and O–H groups in total. The summed E-state index contributed by atoms with van der Waals surface area (Å²) in [6.07, 6.45) is 0. The van der Waals surface area contributed by atoms with Gasteiger partial charge in [-0.25, -0.2) is 0 Å². The molecule has 138 valence electrons. The number of anilines is 1. The van der Waals surface area contributed by atoms with Crippen molar-refractivity contribution in [2.24, 2.45) is 0 Å². The van der Waals surface area contributed by atoms with Gasteiger partial charge in [0.05, 0.1) is 13.1 Å². The number of carbonyl (C=O) groups excluding carboxylic acids is 1. The molecule has 1 heterocycles. The first-order valence-corrected chi connectivity index (χ1v) is 9.14. The molecule has 0 radical (unpaired) electrons. The van der Waals surface area contributed by atoms with Gasteiger partial charge in [0.25, 0.3) is 0 Å². The molecule has 1 saturated heterocycles. The molecule has 3 rings (SSSR count). The molecule has 0 spiro atoms. The number of rotatable bonds is 5. The van der Waals surface area contributed by atoms with Crippen LogP contribution in [0.1, 0.15) is 5.56 Å². The summed E-state index contributed by atoms with van der Waals surface area (Å²) in [7, 11) is 2.09. The highest BCUT2D eigenvalue weighted by molar-refractivity contribution is 6.30. The number of para-hydroxylation sites is 1. The number of piperazine rings is 1. The summed E-state index contributed by atoms with van der Waals surface area (Å²) < 4.78 is 0. The van der Waals surface area contributed by atoms with Crippen LogP contribution in [0.25, 0.3) is 0 Å². The van der Waals surface area contributed by atoms with Crippen molar-refractivity contribution in [3.05, 3.63) is 59.1 Å². The Morgan fingerprint density at radius 2 is 1.85 bits per heavy atom. The predicted octanol–water partition coefficient (Wildman–Crippen LogP) is 2.83. The van der Waals surface area contributed by atoms with Crippen LogP contribution in [-0.4, -0.2) is 60.6 Å². The number of likely N-dealkylation sites (N-methyl/N-ethyl adjacent to an activating group) is 1. The molecular formula is C20H24ClN3O2. The van der Waals surface area contributed by atoms with Crippen molar-refractivity contribution in [1.29, 1.82) is 0 Å². The van der Waals surface area contributed by atoms with E-state index in [9.17, 15) is 9.90 Å². The Balaban J connectivity index is 1.80. The molecule has 0 aromatic heterocycles. The lowest BCUT2D eigenvalue weighted by atomic mass is 10.1. The number of amides is 1. The first-order valence-electron chi connectivity index (χ1n) is 8.76. The van der Waals surface area contributed by atoms with Gasteiger partial charge in [0.2, 0.25) is 5.91 Å². The summed E-state index contributed by atoms with van der Waals surface area (Å²) in [5.74, 6) is 0.187. The molecule has 0 saturated carbocycles. The maximum atomic E-state index is 13.1. The molecule has 2 aromatic rings. The van der Waals surface area contributed by atoms with E-state index in [0.717, 1.165) is 31.9 Å². The standard InChI is InChI=1S/C20H24ClN3O2/c1-22-9-11-23(12-10-22)15-20(26)24(18-7-4-6-17(21)13-18)14-16-5-2-3-8-19(16)25/h2-8,13,25H,9-12,14-15H2,1H3. The van der Waals surface area contributed by atoms with Crippen molar-refractivity contribution in [3.63, 3.8) is 0 Å². The van der Waals surface area contributed by atoms with Crippen molar-refractivity contribution in [3.8, 4) is 5.75 Å². The molecule has 0 aliphatic carbocycles. The molecule has 5 nitrogen and oxygen atoms in total. The van der Waals surface area contributed by atoms with Crippen LogP contribution in [0, 0.1) is 0 Å². The van der Waals surface area contributed by atoms with Gasteiger partial charge in [-0.15, -0.1) is 0 Å². The monoisotopic (exact) mass is 373 g/mol. The third-order valence-corrected chi connectivity index (χ3v) is 4.93. The van der Waals surface area contributed by atoms with Gasteiger partial charge in [0.15, 0.2) is 0 Å². The number of aromatic hydroxyl groups is 1. The van der Waals surface area contributed by atoms with Crippen LogP contribution in [0.5, 0.6) is 5.75 Å². The minimum Gasteiger partial charge on any atom is -0.508 e. The SMILES string of the molecule is CN1CCN(CC(=O)N(Cc2ccccc2O)c2cccc(Cl)c2)CC1. The topological polar surface area (TPSA) is 47.0 Å². The van der Waals surface area contributed by atoms with E-state index >= 15 is 0 Å². The molecule has 1 fully saturated rings. The van der Waals surface area contributed by atoms with Crippen molar-refractivity contribution < 1.29 is 9.90 Å². The number of phenolic OH excluding ortho intramolecular Hbond substituents is 1. The minimum atomic E-state index is 0.0000674. The van der Waals surface area contributed by atoms with E-state index < -0.39 is 0 Å². The molecule has 26 heavy (non-hydrogen) atoms.